The number of carbonyl (C=O) groups is 1. The quantitative estimate of drug-likeness (QED) is 0.731. The molecule has 0 bridgehead atoms. The van der Waals surface area contributed by atoms with E-state index in [1.54, 1.807) is 6.92 Å². The summed E-state index contributed by atoms with van der Waals surface area (Å²) < 4.78 is 1.38. The van der Waals surface area contributed by atoms with Crippen LogP contribution in [0.3, 0.4) is 0 Å². The second-order valence-electron chi connectivity index (χ2n) is 2.86. The first-order valence-corrected chi connectivity index (χ1v) is 4.71. The number of ketones is 1. The summed E-state index contributed by atoms with van der Waals surface area (Å²) in [6, 6.07) is -0.267. The van der Waals surface area contributed by atoms with E-state index < -0.39 is 0 Å². The van der Waals surface area contributed by atoms with Gasteiger partial charge in [-0.25, -0.2) is 0 Å². The topological polar surface area (TPSA) is 59.3 Å². The Labute approximate surface area is 79.4 Å². The van der Waals surface area contributed by atoms with Crippen LogP contribution in [-0.4, -0.2) is 22.1 Å². The van der Waals surface area contributed by atoms with E-state index >= 15 is 0 Å². The Bertz CT molecular complexity index is 366. The van der Waals surface area contributed by atoms with Gasteiger partial charge in [0.25, 0.3) is 0 Å². The minimum atomic E-state index is -0.267. The van der Waals surface area contributed by atoms with Crippen LogP contribution in [0.1, 0.15) is 29.6 Å². The molecular formula is C8H11NO3S. The van der Waals surface area contributed by atoms with Crippen molar-refractivity contribution in [1.29, 1.82) is 0 Å². The molecule has 1 heterocycles. The van der Waals surface area contributed by atoms with Crippen LogP contribution in [0.4, 0.5) is 0 Å². The molecule has 0 aromatic carbocycles. The summed E-state index contributed by atoms with van der Waals surface area (Å²) in [5.74, 6) is -0.119. The van der Waals surface area contributed by atoms with E-state index in [4.69, 9.17) is 5.11 Å². The lowest BCUT2D eigenvalue weighted by Gasteiger charge is -2.06. The normalized spacial score (nSPS) is 12.8. The van der Waals surface area contributed by atoms with Crippen molar-refractivity contribution in [3.8, 4) is 0 Å². The van der Waals surface area contributed by atoms with Gasteiger partial charge in [-0.2, -0.15) is 0 Å². The van der Waals surface area contributed by atoms with Gasteiger partial charge in [-0.05, 0) is 6.92 Å². The molecule has 13 heavy (non-hydrogen) atoms. The molecule has 0 aliphatic carbocycles. The predicted molar refractivity (Wildman–Crippen MR) is 50.4 cm³/mol. The maximum Gasteiger partial charge on any atom is 0.308 e. The van der Waals surface area contributed by atoms with Gasteiger partial charge in [0.2, 0.25) is 0 Å². The fourth-order valence-electron chi connectivity index (χ4n) is 0.910. The molecule has 5 heteroatoms. The smallest absolute Gasteiger partial charge is 0.308 e. The Morgan fingerprint density at radius 2 is 2.38 bits per heavy atom. The molecule has 1 atom stereocenters. The maximum atomic E-state index is 11.3. The van der Waals surface area contributed by atoms with Gasteiger partial charge in [-0.3, -0.25) is 9.59 Å². The van der Waals surface area contributed by atoms with Crippen molar-refractivity contribution in [2.75, 3.05) is 6.61 Å². The fourth-order valence-corrected chi connectivity index (χ4v) is 1.75. The molecule has 1 rings (SSSR count). The lowest BCUT2D eigenvalue weighted by Crippen LogP contribution is -2.18. The summed E-state index contributed by atoms with van der Waals surface area (Å²) in [5, 5.41) is 8.82. The average molecular weight is 201 g/mol. The summed E-state index contributed by atoms with van der Waals surface area (Å²) >= 11 is 0.913. The van der Waals surface area contributed by atoms with Crippen LogP contribution in [-0.2, 0) is 0 Å². The maximum absolute atomic E-state index is 11.3. The molecule has 0 spiro atoms. The van der Waals surface area contributed by atoms with Gasteiger partial charge >= 0.3 is 4.87 Å². The zero-order chi connectivity index (χ0) is 10.0. The van der Waals surface area contributed by atoms with Gasteiger partial charge in [-0.15, -0.1) is 0 Å². The molecule has 0 aliphatic rings. The van der Waals surface area contributed by atoms with Crippen LogP contribution >= 0.6 is 11.3 Å². The first kappa shape index (κ1) is 10.1. The number of rotatable bonds is 3. The summed E-state index contributed by atoms with van der Waals surface area (Å²) in [5.41, 5.74) is 0. The van der Waals surface area contributed by atoms with Gasteiger partial charge in [0.1, 0.15) is 0 Å². The molecule has 1 aromatic rings. The van der Waals surface area contributed by atoms with E-state index in [2.05, 4.69) is 0 Å². The van der Waals surface area contributed by atoms with E-state index in [1.807, 2.05) is 0 Å². The highest BCUT2D eigenvalue weighted by Crippen LogP contribution is 2.09. The molecule has 72 valence electrons. The summed E-state index contributed by atoms with van der Waals surface area (Å²) in [7, 11) is 0. The minimum Gasteiger partial charge on any atom is -0.394 e. The van der Waals surface area contributed by atoms with Crippen molar-refractivity contribution in [3.63, 3.8) is 0 Å². The number of thiazole rings is 1. The Morgan fingerprint density at radius 3 is 2.77 bits per heavy atom. The Balaban J connectivity index is 3.10. The molecule has 0 saturated heterocycles. The zero-order valence-corrected chi connectivity index (χ0v) is 8.30. The van der Waals surface area contributed by atoms with E-state index in [0.29, 0.717) is 4.88 Å². The van der Waals surface area contributed by atoms with Gasteiger partial charge in [-0.1, -0.05) is 11.3 Å². The molecular weight excluding hydrogens is 190 g/mol. The van der Waals surface area contributed by atoms with Crippen molar-refractivity contribution in [1.82, 2.24) is 4.57 Å². The molecule has 0 radical (unpaired) electrons. The van der Waals surface area contributed by atoms with Gasteiger partial charge < -0.3 is 9.67 Å². The minimum absolute atomic E-state index is 0.103. The molecule has 0 fully saturated rings. The van der Waals surface area contributed by atoms with Crippen molar-refractivity contribution >= 4 is 17.1 Å². The summed E-state index contributed by atoms with van der Waals surface area (Å²) in [6.45, 7) is 3.03. The first-order chi connectivity index (χ1) is 6.06. The number of carbonyl (C=O) groups excluding carboxylic acids is 1. The van der Waals surface area contributed by atoms with Gasteiger partial charge in [0.05, 0.1) is 17.5 Å². The lowest BCUT2D eigenvalue weighted by molar-refractivity contribution is 0.102. The number of hydrogen-bond acceptors (Lipinski definition) is 4. The molecule has 0 amide bonds. The number of aliphatic hydroxyl groups is 1. The fraction of sp³-hybridized carbons (Fsp3) is 0.500. The van der Waals surface area contributed by atoms with E-state index in [9.17, 15) is 9.59 Å². The van der Waals surface area contributed by atoms with E-state index in [1.165, 1.54) is 17.7 Å². The Morgan fingerprint density at radius 1 is 1.77 bits per heavy atom. The molecule has 0 saturated carbocycles. The highest BCUT2D eigenvalue weighted by atomic mass is 32.1. The predicted octanol–water partition coefficient (Wildman–Crippen LogP) is 0.666. The van der Waals surface area contributed by atoms with Crippen molar-refractivity contribution in [2.24, 2.45) is 0 Å². The molecule has 1 unspecified atom stereocenters. The largest absolute Gasteiger partial charge is 0.394 e. The highest BCUT2D eigenvalue weighted by molar-refractivity contribution is 7.11. The molecule has 1 aromatic heterocycles. The highest BCUT2D eigenvalue weighted by Gasteiger charge is 2.11. The van der Waals surface area contributed by atoms with Crippen LogP contribution in [0.5, 0.6) is 0 Å². The number of nitrogens with zero attached hydrogens (tertiary/aromatic N) is 1. The lowest BCUT2D eigenvalue weighted by atomic mass is 10.3. The average Bonchev–Trinajstić information content (AvgIpc) is 2.46. The molecule has 1 N–H and O–H groups in total. The Kier molecular flexibility index (Phi) is 3.00. The third kappa shape index (κ3) is 2.05. The van der Waals surface area contributed by atoms with E-state index in [-0.39, 0.29) is 23.3 Å². The number of aromatic nitrogens is 1. The van der Waals surface area contributed by atoms with Gasteiger partial charge in [0.15, 0.2) is 5.78 Å². The standard InChI is InChI=1S/C8H11NO3S/c1-5(4-10)9-3-7(6(2)11)13-8(9)12/h3,5,10H,4H2,1-2H3. The van der Waals surface area contributed by atoms with Crippen LogP contribution in [0.2, 0.25) is 0 Å². The third-order valence-corrected chi connectivity index (χ3v) is 2.75. The van der Waals surface area contributed by atoms with Crippen molar-refractivity contribution in [3.05, 3.63) is 20.7 Å². The number of hydrogen-bond donors (Lipinski definition) is 1. The van der Waals surface area contributed by atoms with Crippen molar-refractivity contribution in [2.45, 2.75) is 19.9 Å². The van der Waals surface area contributed by atoms with Crippen LogP contribution in [0, 0.1) is 0 Å². The molecule has 0 aliphatic heterocycles. The first-order valence-electron chi connectivity index (χ1n) is 3.90. The van der Waals surface area contributed by atoms with Gasteiger partial charge in [0, 0.05) is 13.1 Å². The van der Waals surface area contributed by atoms with Crippen molar-refractivity contribution < 1.29 is 9.90 Å². The van der Waals surface area contributed by atoms with Crippen LogP contribution in [0.15, 0.2) is 11.0 Å². The summed E-state index contributed by atoms with van der Waals surface area (Å²) in [6.07, 6.45) is 1.50. The summed E-state index contributed by atoms with van der Waals surface area (Å²) in [4.78, 5) is 22.4. The van der Waals surface area contributed by atoms with Crippen LogP contribution in [0.25, 0.3) is 0 Å². The van der Waals surface area contributed by atoms with E-state index in [0.717, 1.165) is 11.3 Å². The van der Waals surface area contributed by atoms with Crippen LogP contribution < -0.4 is 4.87 Å². The second-order valence-corrected chi connectivity index (χ2v) is 3.85. The number of Topliss-reactive ketones (excluding diaryl/α,β-unsaturated/α-hetero) is 1. The monoisotopic (exact) mass is 201 g/mol. The second kappa shape index (κ2) is 3.85. The number of aliphatic hydroxyl groups excluding tert-OH is 1. The third-order valence-electron chi connectivity index (χ3n) is 1.75. The zero-order valence-electron chi connectivity index (χ0n) is 7.48. The molecule has 4 nitrogen and oxygen atoms in total. The Hall–Kier alpha value is -0.940. The SMILES string of the molecule is CC(=O)c1cn(C(C)CO)c(=O)s1.